The van der Waals surface area contributed by atoms with E-state index in [1.807, 2.05) is 0 Å². The molecule has 1 aromatic heterocycles. The zero-order valence-electron chi connectivity index (χ0n) is 4.90. The van der Waals surface area contributed by atoms with Gasteiger partial charge in [0.05, 0.1) is 4.92 Å². The molecule has 0 saturated heterocycles. The molecule has 54 valence electrons. The second-order valence-corrected chi connectivity index (χ2v) is 2.57. The molecule has 1 aromatic rings. The summed E-state index contributed by atoms with van der Waals surface area (Å²) in [5.41, 5.74) is 10.4. The Morgan fingerprint density at radius 2 is 2.20 bits per heavy atom. The van der Waals surface area contributed by atoms with Gasteiger partial charge >= 0.3 is 5.69 Å². The summed E-state index contributed by atoms with van der Waals surface area (Å²) in [5.74, 6) is 0. The summed E-state index contributed by atoms with van der Waals surface area (Å²) in [4.78, 5) is 9.57. The predicted octanol–water partition coefficient (Wildman–Crippen LogP) is 0.821. The average Bonchev–Trinajstić information content (AvgIpc) is 2.11. The van der Waals surface area contributed by atoms with Gasteiger partial charge in [0.1, 0.15) is 5.69 Å². The lowest BCUT2D eigenvalue weighted by atomic mass is 10.4. The minimum atomic E-state index is -0.582. The van der Waals surface area contributed by atoms with Gasteiger partial charge in [0.25, 0.3) is 0 Å². The second kappa shape index (κ2) is 2.14. The molecule has 0 aromatic carbocycles. The highest BCUT2D eigenvalue weighted by molar-refractivity contribution is 7.15. The number of nitrogens with two attached hydrogens (primary N) is 2. The summed E-state index contributed by atoms with van der Waals surface area (Å²) >= 11 is 1.07. The van der Waals surface area contributed by atoms with Crippen molar-refractivity contribution in [1.29, 1.82) is 0 Å². The summed E-state index contributed by atoms with van der Waals surface area (Å²) in [6, 6.07) is 0. The normalized spacial score (nSPS) is 9.60. The van der Waals surface area contributed by atoms with Gasteiger partial charge in [-0.1, -0.05) is 0 Å². The van der Waals surface area contributed by atoms with Gasteiger partial charge in [-0.3, -0.25) is 10.1 Å². The maximum atomic E-state index is 10.2. The fraction of sp³-hybridized carbons (Fsp3) is 0. The first-order valence-corrected chi connectivity index (χ1v) is 3.27. The van der Waals surface area contributed by atoms with E-state index in [9.17, 15) is 10.1 Å². The summed E-state index contributed by atoms with van der Waals surface area (Å²) in [6.45, 7) is 0. The summed E-state index contributed by atoms with van der Waals surface area (Å²) in [6.07, 6.45) is 0. The van der Waals surface area contributed by atoms with Crippen molar-refractivity contribution < 1.29 is 4.92 Å². The Morgan fingerprint density at radius 1 is 1.60 bits per heavy atom. The number of anilines is 2. The van der Waals surface area contributed by atoms with Crippen LogP contribution in [0.3, 0.4) is 0 Å². The van der Waals surface area contributed by atoms with Crippen molar-refractivity contribution in [2.45, 2.75) is 0 Å². The third kappa shape index (κ3) is 0.883. The third-order valence-electron chi connectivity index (χ3n) is 1.00. The molecule has 1 heterocycles. The Balaban J connectivity index is 3.23. The molecular weight excluding hydrogens is 154 g/mol. The Morgan fingerprint density at radius 3 is 2.40 bits per heavy atom. The van der Waals surface area contributed by atoms with E-state index >= 15 is 0 Å². The number of nitrogen functional groups attached to an aromatic ring is 2. The minimum Gasteiger partial charge on any atom is -0.392 e. The summed E-state index contributed by atoms with van der Waals surface area (Å²) in [5, 5.41) is 11.8. The van der Waals surface area contributed by atoms with Crippen LogP contribution in [-0.4, -0.2) is 4.92 Å². The van der Waals surface area contributed by atoms with E-state index in [0.29, 0.717) is 0 Å². The smallest absolute Gasteiger partial charge is 0.325 e. The van der Waals surface area contributed by atoms with Crippen LogP contribution in [0, 0.1) is 10.1 Å². The quantitative estimate of drug-likeness (QED) is 0.468. The molecule has 4 N–H and O–H groups in total. The molecule has 0 fully saturated rings. The van der Waals surface area contributed by atoms with Gasteiger partial charge in [-0.05, 0) is 0 Å². The number of rotatable bonds is 1. The van der Waals surface area contributed by atoms with Crippen molar-refractivity contribution in [3.63, 3.8) is 0 Å². The molecule has 0 unspecified atom stereocenters. The van der Waals surface area contributed by atoms with Crippen LogP contribution in [0.2, 0.25) is 0 Å². The molecular formula is C4H5N3O2S. The van der Waals surface area contributed by atoms with Crippen molar-refractivity contribution in [3.05, 3.63) is 15.5 Å². The van der Waals surface area contributed by atoms with Crippen LogP contribution in [0.4, 0.5) is 16.4 Å². The van der Waals surface area contributed by atoms with Crippen LogP contribution in [0.25, 0.3) is 0 Å². The summed E-state index contributed by atoms with van der Waals surface area (Å²) in [7, 11) is 0. The first-order chi connectivity index (χ1) is 4.63. The van der Waals surface area contributed by atoms with Gasteiger partial charge in [0, 0.05) is 5.38 Å². The van der Waals surface area contributed by atoms with Crippen molar-refractivity contribution >= 4 is 27.7 Å². The van der Waals surface area contributed by atoms with Gasteiger partial charge in [-0.25, -0.2) is 0 Å². The van der Waals surface area contributed by atoms with Crippen molar-refractivity contribution in [2.75, 3.05) is 11.5 Å². The molecule has 0 aliphatic heterocycles. The van der Waals surface area contributed by atoms with E-state index in [1.54, 1.807) is 0 Å². The van der Waals surface area contributed by atoms with Crippen molar-refractivity contribution in [1.82, 2.24) is 0 Å². The fourth-order valence-electron chi connectivity index (χ4n) is 0.576. The lowest BCUT2D eigenvalue weighted by Crippen LogP contribution is -1.94. The van der Waals surface area contributed by atoms with Gasteiger partial charge in [0.15, 0.2) is 5.00 Å². The van der Waals surface area contributed by atoms with Crippen molar-refractivity contribution in [2.24, 2.45) is 0 Å². The maximum Gasteiger partial charge on any atom is 0.325 e. The SMILES string of the molecule is Nc1csc(N)c1[N+](=O)[O-]. The predicted molar refractivity (Wildman–Crippen MR) is 39.8 cm³/mol. The topological polar surface area (TPSA) is 95.2 Å². The van der Waals surface area contributed by atoms with Crippen LogP contribution in [0.15, 0.2) is 5.38 Å². The van der Waals surface area contributed by atoms with Gasteiger partial charge in [-0.2, -0.15) is 0 Å². The molecule has 5 nitrogen and oxygen atoms in total. The number of thiophene rings is 1. The molecule has 0 saturated carbocycles. The van der Waals surface area contributed by atoms with Crippen LogP contribution < -0.4 is 11.5 Å². The number of hydrogen-bond acceptors (Lipinski definition) is 5. The minimum absolute atomic E-state index is 0.132. The fourth-order valence-corrected chi connectivity index (χ4v) is 1.25. The number of nitro groups is 1. The molecule has 0 atom stereocenters. The van der Waals surface area contributed by atoms with Gasteiger partial charge in [0.2, 0.25) is 0 Å². The summed E-state index contributed by atoms with van der Waals surface area (Å²) < 4.78 is 0. The van der Waals surface area contributed by atoms with Crippen molar-refractivity contribution in [3.8, 4) is 0 Å². The zero-order valence-corrected chi connectivity index (χ0v) is 5.72. The first-order valence-electron chi connectivity index (χ1n) is 2.39. The van der Waals surface area contributed by atoms with E-state index in [0.717, 1.165) is 11.3 Å². The monoisotopic (exact) mass is 159 g/mol. The number of nitrogens with zero attached hydrogens (tertiary/aromatic N) is 1. The Kier molecular flexibility index (Phi) is 1.46. The second-order valence-electron chi connectivity index (χ2n) is 1.66. The van der Waals surface area contributed by atoms with E-state index in [-0.39, 0.29) is 16.4 Å². The molecule has 0 radical (unpaired) electrons. The van der Waals surface area contributed by atoms with Crippen LogP contribution in [-0.2, 0) is 0 Å². The Hall–Kier alpha value is -1.30. The van der Waals surface area contributed by atoms with E-state index in [2.05, 4.69) is 0 Å². The molecule has 0 aliphatic rings. The van der Waals surface area contributed by atoms with E-state index in [4.69, 9.17) is 11.5 Å². The lowest BCUT2D eigenvalue weighted by Gasteiger charge is -1.87. The Labute approximate surface area is 60.4 Å². The standard InChI is InChI=1S/C4H5N3O2S/c5-2-1-10-4(6)3(2)7(8)9/h1H,5-6H2. The molecule has 6 heteroatoms. The van der Waals surface area contributed by atoms with Crippen LogP contribution in [0.5, 0.6) is 0 Å². The highest BCUT2D eigenvalue weighted by Gasteiger charge is 2.17. The van der Waals surface area contributed by atoms with Gasteiger partial charge < -0.3 is 11.5 Å². The third-order valence-corrected chi connectivity index (χ3v) is 1.82. The molecule has 0 bridgehead atoms. The largest absolute Gasteiger partial charge is 0.392 e. The lowest BCUT2D eigenvalue weighted by molar-refractivity contribution is -0.382. The number of hydrogen-bond donors (Lipinski definition) is 2. The molecule has 1 rings (SSSR count). The highest BCUT2D eigenvalue weighted by Crippen LogP contribution is 2.34. The van der Waals surface area contributed by atoms with Gasteiger partial charge in [-0.15, -0.1) is 11.3 Å². The highest BCUT2D eigenvalue weighted by atomic mass is 32.1. The first kappa shape index (κ1) is 6.81. The molecule has 0 aliphatic carbocycles. The maximum absolute atomic E-state index is 10.2. The molecule has 0 amide bonds. The Bertz CT molecular complexity index is 250. The molecule has 0 spiro atoms. The molecule has 10 heavy (non-hydrogen) atoms. The zero-order chi connectivity index (χ0) is 7.72. The van der Waals surface area contributed by atoms with E-state index < -0.39 is 4.92 Å². The van der Waals surface area contributed by atoms with E-state index in [1.165, 1.54) is 5.38 Å². The van der Waals surface area contributed by atoms with Crippen LogP contribution >= 0.6 is 11.3 Å². The average molecular weight is 159 g/mol. The van der Waals surface area contributed by atoms with Crippen LogP contribution in [0.1, 0.15) is 0 Å².